The summed E-state index contributed by atoms with van der Waals surface area (Å²) in [5.41, 5.74) is 0.0725. The van der Waals surface area contributed by atoms with Crippen molar-refractivity contribution in [2.75, 3.05) is 20.8 Å². The van der Waals surface area contributed by atoms with Gasteiger partial charge >= 0.3 is 211 Å². The van der Waals surface area contributed by atoms with Crippen molar-refractivity contribution in [3.05, 3.63) is 21.8 Å². The van der Waals surface area contributed by atoms with Crippen molar-refractivity contribution < 1.29 is 47.0 Å². The molecule has 2 fully saturated rings. The predicted octanol–water partition coefficient (Wildman–Crippen LogP) is 13.5. The molecule has 0 spiro atoms. The number of nitrogens with zero attached hydrogens (tertiary/aromatic N) is 1. The third-order valence-electron chi connectivity index (χ3n) is 15.5. The zero-order chi connectivity index (χ0) is 52.9. The number of carbonyl (C=O) groups excluding carboxylic acids is 4. The van der Waals surface area contributed by atoms with Crippen LogP contribution in [-0.4, -0.2) is 126 Å². The van der Waals surface area contributed by atoms with Gasteiger partial charge in [0.15, 0.2) is 8.32 Å². The Morgan fingerprint density at radius 3 is 1.97 bits per heavy atom. The van der Waals surface area contributed by atoms with Crippen LogP contribution in [0.15, 0.2) is 21.8 Å². The number of methoxy groups -OCH3 is 2. The third-order valence-corrected chi connectivity index (χ3v) is 28.1. The van der Waals surface area contributed by atoms with E-state index in [9.17, 15) is 19.2 Å². The van der Waals surface area contributed by atoms with Crippen molar-refractivity contribution in [1.82, 2.24) is 4.90 Å². The van der Waals surface area contributed by atoms with Crippen LogP contribution in [-0.2, 0) is 42.2 Å². The number of piperidine rings is 1. The van der Waals surface area contributed by atoms with E-state index in [2.05, 4.69) is 93.5 Å². The van der Waals surface area contributed by atoms with Gasteiger partial charge in [0.05, 0.1) is 12.2 Å². The van der Waals surface area contributed by atoms with Crippen LogP contribution < -0.4 is 0 Å². The van der Waals surface area contributed by atoms with Crippen molar-refractivity contribution in [3.63, 3.8) is 0 Å². The van der Waals surface area contributed by atoms with E-state index in [0.717, 1.165) is 62.2 Å². The Kier molecular flexibility index (Phi) is 25.7. The first kappa shape index (κ1) is 63.7. The van der Waals surface area contributed by atoms with Crippen LogP contribution in [0.2, 0.25) is 51.1 Å². The monoisotopic (exact) mass is 1110 g/mol. The van der Waals surface area contributed by atoms with Crippen LogP contribution >= 0.6 is 0 Å². The molecule has 1 aliphatic heterocycles. The molecular formula is C55H103NO10Si2Sn. The molecule has 11 nitrogen and oxygen atoms in total. The van der Waals surface area contributed by atoms with Gasteiger partial charge in [-0.05, 0) is 95.7 Å². The normalized spacial score (nSPS) is 23.4. The predicted molar refractivity (Wildman–Crippen MR) is 290 cm³/mol. The topological polar surface area (TPSA) is 127 Å². The standard InChI is InChI=1S/C52H94NO10Si2.3CH3.Sn/c1-20-35(5)30-38(8)46(55)48(59-17)47(63-65(21-2,22-3)23-4)39(9)31-36(6)42(54)34-44(60-49(56)41-26-24-25-29-53(41)50(57)61-51(10,11)12)37(7)32-40-27-28-43(45(33-40)58-16)62-64(18,19)52(13,14)15;;;;/h1,20,31,35-38,40-41,43-45,47-48H,21-30,32-34H2,2-19H3;3*1H3;/b20-1?,39-31+;;;;/t35-,36-,37-,38-,40+,41+,43-,44+,45-,47-,48+;;;;/m1..../s1. The molecule has 2 aliphatic rings. The molecule has 1 saturated carbocycles. The van der Waals surface area contributed by atoms with Gasteiger partial charge in [0, 0.05) is 20.1 Å². The number of Topliss-reactive ketones (excluding diaryl/α,β-unsaturated/α-hetero) is 2. The van der Waals surface area contributed by atoms with Crippen LogP contribution in [0.25, 0.3) is 0 Å². The Morgan fingerprint density at radius 1 is 0.841 bits per heavy atom. The first-order valence-electron chi connectivity index (χ1n) is 26.8. The number of ether oxygens (including phenoxy) is 4. The molecule has 1 saturated heterocycles. The molecule has 1 aliphatic carbocycles. The van der Waals surface area contributed by atoms with Gasteiger partial charge in [0.2, 0.25) is 0 Å². The number of ketones is 2. The van der Waals surface area contributed by atoms with Crippen molar-refractivity contribution in [2.45, 2.75) is 248 Å². The Morgan fingerprint density at radius 2 is 1.45 bits per heavy atom. The number of likely N-dealkylation sites (tertiary alicyclic amines) is 1. The molecule has 400 valence electrons. The summed E-state index contributed by atoms with van der Waals surface area (Å²) in [7, 11) is -0.946. The number of rotatable bonds is 26. The third kappa shape index (κ3) is 20.1. The number of esters is 1. The Labute approximate surface area is 428 Å². The van der Waals surface area contributed by atoms with Gasteiger partial charge in [-0.1, -0.05) is 27.7 Å². The fraction of sp³-hybridized carbons (Fsp3) is 0.855. The van der Waals surface area contributed by atoms with Crippen LogP contribution in [0.1, 0.15) is 155 Å². The van der Waals surface area contributed by atoms with Crippen LogP contribution in [0.3, 0.4) is 0 Å². The maximum absolute atomic E-state index is 14.7. The second kappa shape index (κ2) is 27.8. The zero-order valence-corrected chi connectivity index (χ0v) is 52.7. The van der Waals surface area contributed by atoms with Gasteiger partial charge in [0.1, 0.15) is 17.7 Å². The van der Waals surface area contributed by atoms with Gasteiger partial charge in [-0.2, -0.15) is 0 Å². The Balaban J connectivity index is 2.53. The van der Waals surface area contributed by atoms with Crippen LogP contribution in [0, 0.1) is 29.6 Å². The molecule has 1 amide bonds. The minimum atomic E-state index is -2.28. The fourth-order valence-electron chi connectivity index (χ4n) is 9.82. The van der Waals surface area contributed by atoms with E-state index >= 15 is 0 Å². The Hall–Kier alpha value is -1.37. The summed E-state index contributed by atoms with van der Waals surface area (Å²) in [6, 6.07) is 1.88. The van der Waals surface area contributed by atoms with Gasteiger partial charge in [-0.25, -0.2) is 9.59 Å². The second-order valence-electron chi connectivity index (χ2n) is 24.8. The number of hydrogen-bond donors (Lipinski definition) is 0. The van der Waals surface area contributed by atoms with Crippen molar-refractivity contribution in [2.24, 2.45) is 29.6 Å². The molecule has 2 rings (SSSR count). The van der Waals surface area contributed by atoms with Gasteiger partial charge in [-0.15, -0.1) is 0 Å². The molecule has 0 bridgehead atoms. The van der Waals surface area contributed by atoms with Gasteiger partial charge in [0.25, 0.3) is 0 Å². The van der Waals surface area contributed by atoms with E-state index in [-0.39, 0.29) is 58.9 Å². The minimum absolute atomic E-state index is 0.00556. The molecule has 69 heavy (non-hydrogen) atoms. The molecule has 0 radical (unpaired) electrons. The molecule has 11 atom stereocenters. The van der Waals surface area contributed by atoms with Crippen molar-refractivity contribution >= 4 is 58.6 Å². The molecule has 0 unspecified atom stereocenters. The van der Waals surface area contributed by atoms with Crippen molar-refractivity contribution in [3.8, 4) is 0 Å². The summed E-state index contributed by atoms with van der Waals surface area (Å²) in [5.74, 6) is -1.03. The van der Waals surface area contributed by atoms with E-state index in [0.29, 0.717) is 19.4 Å². The molecule has 0 aromatic heterocycles. The summed E-state index contributed by atoms with van der Waals surface area (Å²) in [5, 5.41) is 0.0781. The first-order valence-corrected chi connectivity index (χ1v) is 42.5. The summed E-state index contributed by atoms with van der Waals surface area (Å²) < 4.78 is 40.9. The quantitative estimate of drug-likeness (QED) is 0.0469. The number of hydrogen-bond acceptors (Lipinski definition) is 10. The molecule has 14 heteroatoms. The molecule has 0 aromatic rings. The molecule has 1 heterocycles. The number of allylic oxidation sites excluding steroid dienone is 2. The molecular weight excluding hydrogens is 1010 g/mol. The molecule has 0 aromatic carbocycles. The van der Waals surface area contributed by atoms with Crippen molar-refractivity contribution in [1.29, 1.82) is 0 Å². The van der Waals surface area contributed by atoms with Crippen LogP contribution in [0.5, 0.6) is 0 Å². The average Bonchev–Trinajstić information content (AvgIpc) is 3.25. The molecule has 0 N–H and O–H groups in total. The second-order valence-corrected chi connectivity index (χ2v) is 48.7. The van der Waals surface area contributed by atoms with Gasteiger partial charge in [-0.3, -0.25) is 9.69 Å². The summed E-state index contributed by atoms with van der Waals surface area (Å²) in [4.78, 5) is 65.5. The van der Waals surface area contributed by atoms with E-state index in [4.69, 9.17) is 27.8 Å². The van der Waals surface area contributed by atoms with E-state index in [1.807, 2.05) is 47.6 Å². The SMILES string of the molecule is CC[Si](CC)(CC)O[C@H](/C(C)=C/[C@@H](C)C(=O)C[C@H](OC(=O)[C@@H]1CCCCN1C(=O)OC(C)(C)C)[C@H](C)C[C@@H]1CC[C@@H](O[Si](C)(C)C(C)(C)C)[C@H](OC)C1)[C@@H](OC)C(=O)[C@H](C)C[C@H](C)/C=[CH]/[Sn]([CH3])([CH3])[CH3]. The van der Waals surface area contributed by atoms with E-state index in [1.54, 1.807) is 14.2 Å². The first-order chi connectivity index (χ1) is 31.8. The summed E-state index contributed by atoms with van der Waals surface area (Å²) >= 11 is -2.13. The van der Waals surface area contributed by atoms with E-state index in [1.165, 1.54) is 4.90 Å². The summed E-state index contributed by atoms with van der Waals surface area (Å²) in [6.07, 6.45) is 7.55. The number of carbonyl (C=O) groups is 4. The van der Waals surface area contributed by atoms with E-state index < -0.39 is 82.9 Å². The Bertz CT molecular complexity index is 1690. The van der Waals surface area contributed by atoms with Crippen LogP contribution in [0.4, 0.5) is 4.79 Å². The summed E-state index contributed by atoms with van der Waals surface area (Å²) in [6.45, 7) is 33.8. The average molecular weight is 1110 g/mol. The zero-order valence-electron chi connectivity index (χ0n) is 47.8. The number of amides is 1. The maximum atomic E-state index is 14.7. The van der Waals surface area contributed by atoms with Gasteiger partial charge < -0.3 is 18.6 Å². The fourth-order valence-corrected chi connectivity index (χ4v) is 16.6.